The minimum absolute atomic E-state index is 0.103. The van der Waals surface area contributed by atoms with Crippen molar-refractivity contribution in [3.8, 4) is 5.75 Å². The number of carbonyl (C=O) groups excluding carboxylic acids is 2. The first-order valence-corrected chi connectivity index (χ1v) is 8.18. The minimum Gasteiger partial charge on any atom is -0.497 e. The predicted octanol–water partition coefficient (Wildman–Crippen LogP) is 1.99. The van der Waals surface area contributed by atoms with Gasteiger partial charge in [-0.1, -0.05) is 6.07 Å². The van der Waals surface area contributed by atoms with Gasteiger partial charge in [-0.3, -0.25) is 9.59 Å². The number of rotatable bonds is 5. The van der Waals surface area contributed by atoms with Gasteiger partial charge in [0.25, 0.3) is 5.91 Å². The van der Waals surface area contributed by atoms with Crippen molar-refractivity contribution < 1.29 is 14.3 Å². The Bertz CT molecular complexity index is 754. The van der Waals surface area contributed by atoms with Gasteiger partial charge in [0.2, 0.25) is 5.91 Å². The first-order valence-electron chi connectivity index (χ1n) is 8.18. The zero-order valence-corrected chi connectivity index (χ0v) is 13.7. The minimum atomic E-state index is -0.262. The number of ether oxygens (including phenoxy) is 1. The summed E-state index contributed by atoms with van der Waals surface area (Å²) in [6, 6.07) is 9.03. The molecule has 3 rings (SSSR count). The van der Waals surface area contributed by atoms with E-state index in [0.717, 1.165) is 42.6 Å². The van der Waals surface area contributed by atoms with E-state index in [0.29, 0.717) is 18.7 Å². The summed E-state index contributed by atoms with van der Waals surface area (Å²) >= 11 is 0. The van der Waals surface area contributed by atoms with Crippen LogP contribution in [0.4, 0.5) is 0 Å². The normalized spacial score (nSPS) is 14.0. The molecule has 6 nitrogen and oxygen atoms in total. The molecule has 1 aliphatic heterocycles. The van der Waals surface area contributed by atoms with E-state index in [9.17, 15) is 9.59 Å². The molecule has 2 amide bonds. The van der Waals surface area contributed by atoms with E-state index >= 15 is 0 Å². The summed E-state index contributed by atoms with van der Waals surface area (Å²) in [5.74, 6) is 0.593. The van der Waals surface area contributed by atoms with Crippen molar-refractivity contribution in [2.45, 2.75) is 19.3 Å². The molecule has 2 aromatic rings. The van der Waals surface area contributed by atoms with Crippen molar-refractivity contribution in [1.29, 1.82) is 0 Å². The monoisotopic (exact) mass is 327 g/mol. The molecule has 0 bridgehead atoms. The fraction of sp³-hybridized carbons (Fsp3) is 0.389. The maximum absolute atomic E-state index is 12.2. The lowest BCUT2D eigenvalue weighted by Crippen LogP contribution is -2.32. The zero-order valence-electron chi connectivity index (χ0n) is 13.7. The number of benzene rings is 1. The first kappa shape index (κ1) is 16.2. The van der Waals surface area contributed by atoms with Crippen LogP contribution in [0.3, 0.4) is 0 Å². The molecule has 0 radical (unpaired) electrons. The summed E-state index contributed by atoms with van der Waals surface area (Å²) in [5.41, 5.74) is 1.08. The summed E-state index contributed by atoms with van der Waals surface area (Å²) in [7, 11) is 1.61. The number of amides is 2. The average Bonchev–Trinajstić information content (AvgIpc) is 3.15. The molecule has 24 heavy (non-hydrogen) atoms. The Kier molecular flexibility index (Phi) is 4.93. The maximum Gasteiger partial charge on any atom is 0.269 e. The van der Waals surface area contributed by atoms with Crippen molar-refractivity contribution in [3.05, 3.63) is 36.0 Å². The van der Waals surface area contributed by atoms with E-state index in [1.165, 1.54) is 0 Å². The van der Waals surface area contributed by atoms with E-state index in [1.807, 2.05) is 29.2 Å². The zero-order chi connectivity index (χ0) is 16.9. The highest BCUT2D eigenvalue weighted by Crippen LogP contribution is 2.19. The largest absolute Gasteiger partial charge is 0.497 e. The molecule has 0 atom stereocenters. The Labute approximate surface area is 140 Å². The predicted molar refractivity (Wildman–Crippen MR) is 91.1 cm³/mol. The Balaban J connectivity index is 1.58. The molecule has 126 valence electrons. The number of pyridine rings is 1. The highest BCUT2D eigenvalue weighted by Gasteiger charge is 2.17. The molecule has 1 saturated heterocycles. The average molecular weight is 327 g/mol. The Hall–Kier alpha value is -2.63. The summed E-state index contributed by atoms with van der Waals surface area (Å²) < 4.78 is 5.17. The highest BCUT2D eigenvalue weighted by atomic mass is 16.5. The molecule has 0 spiro atoms. The van der Waals surface area contributed by atoms with Crippen LogP contribution in [-0.4, -0.2) is 48.4 Å². The van der Waals surface area contributed by atoms with E-state index < -0.39 is 0 Å². The van der Waals surface area contributed by atoms with Gasteiger partial charge in [0.15, 0.2) is 0 Å². The van der Waals surface area contributed by atoms with Gasteiger partial charge in [0, 0.05) is 31.4 Å². The molecule has 1 aliphatic rings. The highest BCUT2D eigenvalue weighted by molar-refractivity contribution is 5.95. The smallest absolute Gasteiger partial charge is 0.269 e. The molecule has 1 aromatic carbocycles. The number of carbonyl (C=O) groups is 2. The van der Waals surface area contributed by atoms with E-state index in [-0.39, 0.29) is 11.8 Å². The second kappa shape index (κ2) is 7.29. The van der Waals surface area contributed by atoms with Crippen LogP contribution in [0.5, 0.6) is 5.75 Å². The van der Waals surface area contributed by atoms with Crippen LogP contribution in [-0.2, 0) is 4.79 Å². The van der Waals surface area contributed by atoms with Gasteiger partial charge >= 0.3 is 0 Å². The third kappa shape index (κ3) is 3.64. The van der Waals surface area contributed by atoms with E-state index in [2.05, 4.69) is 10.3 Å². The Morgan fingerprint density at radius 2 is 2.00 bits per heavy atom. The van der Waals surface area contributed by atoms with Crippen molar-refractivity contribution in [1.82, 2.24) is 15.2 Å². The Morgan fingerprint density at radius 1 is 1.21 bits per heavy atom. The molecule has 2 heterocycles. The maximum atomic E-state index is 12.2. The van der Waals surface area contributed by atoms with Gasteiger partial charge in [-0.05, 0) is 37.1 Å². The van der Waals surface area contributed by atoms with Gasteiger partial charge in [0.1, 0.15) is 11.4 Å². The molecular weight excluding hydrogens is 306 g/mol. The van der Waals surface area contributed by atoms with E-state index in [1.54, 1.807) is 13.2 Å². The summed E-state index contributed by atoms with van der Waals surface area (Å²) in [6.45, 7) is 2.00. The van der Waals surface area contributed by atoms with Gasteiger partial charge in [0.05, 0.1) is 12.6 Å². The van der Waals surface area contributed by atoms with Crippen molar-refractivity contribution in [3.63, 3.8) is 0 Å². The molecule has 0 unspecified atom stereocenters. The number of methoxy groups -OCH3 is 1. The molecule has 0 aliphatic carbocycles. The van der Waals surface area contributed by atoms with Gasteiger partial charge in [-0.15, -0.1) is 0 Å². The van der Waals surface area contributed by atoms with Crippen molar-refractivity contribution >= 4 is 22.7 Å². The fourth-order valence-corrected chi connectivity index (χ4v) is 2.86. The number of hydrogen-bond acceptors (Lipinski definition) is 4. The number of hydrogen-bond donors (Lipinski definition) is 1. The molecular formula is C18H21N3O3. The fourth-order valence-electron chi connectivity index (χ4n) is 2.86. The second-order valence-electron chi connectivity index (χ2n) is 5.85. The number of likely N-dealkylation sites (tertiary alicyclic amines) is 1. The third-order valence-corrected chi connectivity index (χ3v) is 4.21. The first-order chi connectivity index (χ1) is 11.7. The van der Waals surface area contributed by atoms with Crippen LogP contribution >= 0.6 is 0 Å². The molecule has 1 aromatic heterocycles. The van der Waals surface area contributed by atoms with Crippen LogP contribution in [0.25, 0.3) is 10.9 Å². The van der Waals surface area contributed by atoms with Crippen LogP contribution in [0.15, 0.2) is 30.3 Å². The summed E-state index contributed by atoms with van der Waals surface area (Å²) in [5, 5.41) is 3.68. The summed E-state index contributed by atoms with van der Waals surface area (Å²) in [6.07, 6.45) is 2.48. The lowest BCUT2D eigenvalue weighted by atomic mass is 10.2. The van der Waals surface area contributed by atoms with E-state index in [4.69, 9.17) is 4.74 Å². The van der Waals surface area contributed by atoms with Crippen LogP contribution < -0.4 is 10.1 Å². The summed E-state index contributed by atoms with van der Waals surface area (Å²) in [4.78, 5) is 30.4. The van der Waals surface area contributed by atoms with Crippen LogP contribution in [0, 0.1) is 0 Å². The van der Waals surface area contributed by atoms with Gasteiger partial charge in [-0.2, -0.15) is 0 Å². The number of fused-ring (bicyclic) bond motifs is 1. The van der Waals surface area contributed by atoms with Crippen LogP contribution in [0.2, 0.25) is 0 Å². The van der Waals surface area contributed by atoms with Crippen molar-refractivity contribution in [2.24, 2.45) is 0 Å². The number of nitrogens with one attached hydrogen (secondary N) is 1. The number of nitrogens with zero attached hydrogens (tertiary/aromatic N) is 2. The quantitative estimate of drug-likeness (QED) is 0.911. The third-order valence-electron chi connectivity index (χ3n) is 4.21. The standard InChI is InChI=1S/C18H21N3O3/c1-24-14-5-7-15-13(12-14)4-6-16(20-15)18(23)19-9-8-17(22)21-10-2-3-11-21/h4-7,12H,2-3,8-11H2,1H3,(H,19,23). The molecule has 0 saturated carbocycles. The van der Waals surface area contributed by atoms with Gasteiger partial charge < -0.3 is 15.0 Å². The lowest BCUT2D eigenvalue weighted by Gasteiger charge is -2.15. The Morgan fingerprint density at radius 3 is 2.75 bits per heavy atom. The van der Waals surface area contributed by atoms with Crippen LogP contribution in [0.1, 0.15) is 29.8 Å². The second-order valence-corrected chi connectivity index (χ2v) is 5.85. The number of aromatic nitrogens is 1. The topological polar surface area (TPSA) is 71.5 Å². The molecule has 6 heteroatoms. The SMILES string of the molecule is COc1ccc2nc(C(=O)NCCC(=O)N3CCCC3)ccc2c1. The lowest BCUT2D eigenvalue weighted by molar-refractivity contribution is -0.129. The van der Waals surface area contributed by atoms with Gasteiger partial charge in [-0.25, -0.2) is 4.98 Å². The molecule has 1 fully saturated rings. The molecule has 1 N–H and O–H groups in total. The van der Waals surface area contributed by atoms with Crippen molar-refractivity contribution in [2.75, 3.05) is 26.7 Å².